The average Bonchev–Trinajstić information content (AvgIpc) is 2.58. The van der Waals surface area contributed by atoms with E-state index in [2.05, 4.69) is 6.58 Å². The van der Waals surface area contributed by atoms with Crippen molar-refractivity contribution < 1.29 is 23.8 Å². The van der Waals surface area contributed by atoms with Crippen LogP contribution in [0.3, 0.4) is 0 Å². The lowest BCUT2D eigenvalue weighted by Crippen LogP contribution is -2.11. The van der Waals surface area contributed by atoms with E-state index in [1.165, 1.54) is 0 Å². The van der Waals surface area contributed by atoms with Crippen LogP contribution in [0.4, 0.5) is 0 Å². The topological polar surface area (TPSA) is 61.8 Å². The number of benzene rings is 1. The smallest absolute Gasteiger partial charge is 0.330 e. The van der Waals surface area contributed by atoms with Gasteiger partial charge in [-0.2, -0.15) is 0 Å². The predicted octanol–water partition coefficient (Wildman–Crippen LogP) is 3.29. The molecule has 1 aromatic carbocycles. The van der Waals surface area contributed by atoms with E-state index in [0.717, 1.165) is 37.5 Å². The van der Waals surface area contributed by atoms with Crippen LogP contribution in [0.15, 0.2) is 43.0 Å². The van der Waals surface area contributed by atoms with Crippen molar-refractivity contribution in [3.05, 3.63) is 43.0 Å². The average molecular weight is 320 g/mol. The Kier molecular flexibility index (Phi) is 10.00. The van der Waals surface area contributed by atoms with Crippen LogP contribution < -0.4 is 4.74 Å². The summed E-state index contributed by atoms with van der Waals surface area (Å²) in [4.78, 5) is 22.1. The van der Waals surface area contributed by atoms with Crippen molar-refractivity contribution in [2.45, 2.75) is 32.1 Å². The monoisotopic (exact) mass is 320 g/mol. The summed E-state index contributed by atoms with van der Waals surface area (Å²) in [5.74, 6) is 0.00313. The second-order valence-corrected chi connectivity index (χ2v) is 4.92. The van der Waals surface area contributed by atoms with Crippen molar-refractivity contribution >= 4 is 11.9 Å². The Morgan fingerprint density at radius 1 is 0.913 bits per heavy atom. The van der Waals surface area contributed by atoms with E-state index in [1.807, 2.05) is 30.3 Å². The van der Waals surface area contributed by atoms with E-state index < -0.39 is 5.97 Å². The molecule has 5 nitrogen and oxygen atoms in total. The molecule has 0 fully saturated rings. The predicted molar refractivity (Wildman–Crippen MR) is 87.1 cm³/mol. The van der Waals surface area contributed by atoms with Gasteiger partial charge in [-0.3, -0.25) is 4.79 Å². The number of rotatable bonds is 12. The van der Waals surface area contributed by atoms with Crippen molar-refractivity contribution in [2.75, 3.05) is 19.8 Å². The third kappa shape index (κ3) is 10.1. The maximum absolute atomic E-state index is 11.3. The first kappa shape index (κ1) is 18.7. The summed E-state index contributed by atoms with van der Waals surface area (Å²) in [6.45, 7) is 4.38. The Hall–Kier alpha value is -2.30. The lowest BCUT2D eigenvalue weighted by atomic mass is 10.2. The van der Waals surface area contributed by atoms with Gasteiger partial charge in [0.25, 0.3) is 0 Å². The summed E-state index contributed by atoms with van der Waals surface area (Å²) in [5.41, 5.74) is 0. The number of unbranched alkanes of at least 4 members (excludes halogenated alkanes) is 3. The molecule has 0 heterocycles. The molecule has 126 valence electrons. The lowest BCUT2D eigenvalue weighted by molar-refractivity contribution is -0.147. The second kappa shape index (κ2) is 12.3. The minimum absolute atomic E-state index is 0.0283. The summed E-state index contributed by atoms with van der Waals surface area (Å²) in [7, 11) is 0. The minimum atomic E-state index is -0.532. The van der Waals surface area contributed by atoms with Crippen molar-refractivity contribution in [3.8, 4) is 5.75 Å². The highest BCUT2D eigenvalue weighted by Crippen LogP contribution is 2.09. The van der Waals surface area contributed by atoms with Crippen LogP contribution in [0, 0.1) is 0 Å². The quantitative estimate of drug-likeness (QED) is 0.336. The maximum atomic E-state index is 11.3. The van der Waals surface area contributed by atoms with Gasteiger partial charge in [0.2, 0.25) is 0 Å². The molecule has 0 aliphatic heterocycles. The number of hydrogen-bond acceptors (Lipinski definition) is 5. The highest BCUT2D eigenvalue weighted by Gasteiger charge is 2.04. The molecule has 0 N–H and O–H groups in total. The molecule has 0 saturated heterocycles. The lowest BCUT2D eigenvalue weighted by Gasteiger charge is -2.06. The Bertz CT molecular complexity index is 470. The molecule has 0 radical (unpaired) electrons. The molecular weight excluding hydrogens is 296 g/mol. The Morgan fingerprint density at radius 2 is 1.61 bits per heavy atom. The summed E-state index contributed by atoms with van der Waals surface area (Å²) < 4.78 is 15.3. The number of ether oxygens (including phenoxy) is 3. The molecule has 1 rings (SSSR count). The summed E-state index contributed by atoms with van der Waals surface area (Å²) in [5, 5.41) is 0. The number of carbonyl (C=O) groups excluding carboxylic acids is 2. The van der Waals surface area contributed by atoms with Gasteiger partial charge in [0.1, 0.15) is 12.4 Å². The zero-order chi connectivity index (χ0) is 16.8. The third-order valence-electron chi connectivity index (χ3n) is 3.03. The summed E-state index contributed by atoms with van der Waals surface area (Å²) >= 11 is 0. The van der Waals surface area contributed by atoms with Gasteiger partial charge in [-0.25, -0.2) is 4.79 Å². The first-order chi connectivity index (χ1) is 11.2. The summed E-state index contributed by atoms with van der Waals surface area (Å²) in [6, 6.07) is 9.72. The minimum Gasteiger partial charge on any atom is -0.494 e. The molecule has 0 saturated carbocycles. The number of para-hydroxylation sites is 1. The van der Waals surface area contributed by atoms with Gasteiger partial charge in [-0.05, 0) is 37.8 Å². The molecule has 5 heteroatoms. The fourth-order valence-corrected chi connectivity index (χ4v) is 1.82. The van der Waals surface area contributed by atoms with Gasteiger partial charge in [0.15, 0.2) is 0 Å². The second-order valence-electron chi connectivity index (χ2n) is 4.92. The van der Waals surface area contributed by atoms with Crippen LogP contribution in [0.1, 0.15) is 32.1 Å². The van der Waals surface area contributed by atoms with Gasteiger partial charge in [0.05, 0.1) is 19.6 Å². The Morgan fingerprint density at radius 3 is 2.30 bits per heavy atom. The Balaban J connectivity index is 1.88. The standard InChI is InChI=1S/C18H24O5/c1-2-17(19)23-15-12-18(20)22-14-9-4-3-8-13-21-16-10-6-5-7-11-16/h2,5-7,10-11H,1,3-4,8-9,12-15H2. The largest absolute Gasteiger partial charge is 0.494 e. The fraction of sp³-hybridized carbons (Fsp3) is 0.444. The van der Waals surface area contributed by atoms with Gasteiger partial charge in [-0.1, -0.05) is 24.8 Å². The molecule has 0 spiro atoms. The zero-order valence-corrected chi connectivity index (χ0v) is 13.4. The van der Waals surface area contributed by atoms with E-state index in [-0.39, 0.29) is 19.0 Å². The molecule has 0 aliphatic rings. The molecule has 0 aliphatic carbocycles. The van der Waals surface area contributed by atoms with Crippen LogP contribution in [0.2, 0.25) is 0 Å². The molecule has 0 unspecified atom stereocenters. The Labute approximate surface area is 137 Å². The SMILES string of the molecule is C=CC(=O)OCCC(=O)OCCCCCCOc1ccccc1. The van der Waals surface area contributed by atoms with Crippen molar-refractivity contribution in [1.82, 2.24) is 0 Å². The van der Waals surface area contributed by atoms with E-state index in [0.29, 0.717) is 13.2 Å². The zero-order valence-electron chi connectivity index (χ0n) is 13.4. The van der Waals surface area contributed by atoms with Crippen LogP contribution in [-0.2, 0) is 19.1 Å². The highest BCUT2D eigenvalue weighted by atomic mass is 16.5. The van der Waals surface area contributed by atoms with E-state index in [4.69, 9.17) is 14.2 Å². The van der Waals surface area contributed by atoms with E-state index in [9.17, 15) is 9.59 Å². The number of carbonyl (C=O) groups is 2. The molecule has 0 bridgehead atoms. The summed E-state index contributed by atoms with van der Waals surface area (Å²) in [6.07, 6.45) is 4.94. The fourth-order valence-electron chi connectivity index (χ4n) is 1.82. The molecule has 0 aromatic heterocycles. The van der Waals surface area contributed by atoms with Gasteiger partial charge in [-0.15, -0.1) is 0 Å². The first-order valence-corrected chi connectivity index (χ1v) is 7.85. The van der Waals surface area contributed by atoms with Crippen molar-refractivity contribution in [3.63, 3.8) is 0 Å². The molecule has 0 atom stereocenters. The highest BCUT2D eigenvalue weighted by molar-refractivity contribution is 5.81. The van der Waals surface area contributed by atoms with Crippen molar-refractivity contribution in [1.29, 1.82) is 0 Å². The van der Waals surface area contributed by atoms with E-state index in [1.54, 1.807) is 0 Å². The number of esters is 2. The van der Waals surface area contributed by atoms with Gasteiger partial charge < -0.3 is 14.2 Å². The van der Waals surface area contributed by atoms with Gasteiger partial charge in [0, 0.05) is 6.08 Å². The van der Waals surface area contributed by atoms with Crippen LogP contribution in [-0.4, -0.2) is 31.8 Å². The normalized spacial score (nSPS) is 9.91. The van der Waals surface area contributed by atoms with Crippen molar-refractivity contribution in [2.24, 2.45) is 0 Å². The molecule has 1 aromatic rings. The van der Waals surface area contributed by atoms with Crippen LogP contribution in [0.5, 0.6) is 5.75 Å². The van der Waals surface area contributed by atoms with Crippen LogP contribution in [0.25, 0.3) is 0 Å². The van der Waals surface area contributed by atoms with Gasteiger partial charge >= 0.3 is 11.9 Å². The number of hydrogen-bond donors (Lipinski definition) is 0. The third-order valence-corrected chi connectivity index (χ3v) is 3.03. The molecule has 23 heavy (non-hydrogen) atoms. The molecule has 0 amide bonds. The van der Waals surface area contributed by atoms with Crippen LogP contribution >= 0.6 is 0 Å². The van der Waals surface area contributed by atoms with E-state index >= 15 is 0 Å². The first-order valence-electron chi connectivity index (χ1n) is 7.85. The maximum Gasteiger partial charge on any atom is 0.330 e. The molecular formula is C18H24O5.